The number of aliphatic hydroxyl groups is 2. The van der Waals surface area contributed by atoms with Crippen LogP contribution in [0, 0.1) is 19.8 Å². The van der Waals surface area contributed by atoms with Crippen LogP contribution < -0.4 is 4.90 Å². The van der Waals surface area contributed by atoms with Crippen molar-refractivity contribution in [2.24, 2.45) is 5.92 Å². The molecule has 2 heterocycles. The van der Waals surface area contributed by atoms with E-state index in [0.717, 1.165) is 48.6 Å². The minimum Gasteiger partial charge on any atom is -0.393 e. The molecule has 4 heteroatoms. The lowest BCUT2D eigenvalue weighted by atomic mass is 9.92. The quantitative estimate of drug-likeness (QED) is 0.874. The van der Waals surface area contributed by atoms with Crippen molar-refractivity contribution < 1.29 is 10.2 Å². The zero-order chi connectivity index (χ0) is 14.0. The van der Waals surface area contributed by atoms with E-state index in [0.29, 0.717) is 5.92 Å². The third-order valence-corrected chi connectivity index (χ3v) is 4.13. The van der Waals surface area contributed by atoms with Gasteiger partial charge in [0.15, 0.2) is 0 Å². The molecule has 1 aliphatic heterocycles. The summed E-state index contributed by atoms with van der Waals surface area (Å²) >= 11 is 0. The Morgan fingerprint density at radius 3 is 2.53 bits per heavy atom. The molecule has 1 atom stereocenters. The van der Waals surface area contributed by atoms with Crippen LogP contribution in [-0.2, 0) is 6.61 Å². The molecule has 1 saturated heterocycles. The Morgan fingerprint density at radius 2 is 2.00 bits per heavy atom. The minimum atomic E-state index is -0.230. The molecule has 19 heavy (non-hydrogen) atoms. The number of aromatic nitrogens is 1. The summed E-state index contributed by atoms with van der Waals surface area (Å²) < 4.78 is 0. The van der Waals surface area contributed by atoms with Crippen LogP contribution in [-0.4, -0.2) is 34.4 Å². The molecule has 0 aliphatic carbocycles. The Bertz CT molecular complexity index is 438. The molecule has 0 spiro atoms. The normalized spacial score (nSPS) is 18.7. The predicted molar refractivity (Wildman–Crippen MR) is 76.3 cm³/mol. The number of rotatable bonds is 3. The number of aliphatic hydroxyl groups excluding tert-OH is 2. The molecular weight excluding hydrogens is 240 g/mol. The van der Waals surface area contributed by atoms with E-state index in [4.69, 9.17) is 0 Å². The van der Waals surface area contributed by atoms with E-state index >= 15 is 0 Å². The topological polar surface area (TPSA) is 56.6 Å². The van der Waals surface area contributed by atoms with Gasteiger partial charge in [-0.3, -0.25) is 0 Å². The average molecular weight is 264 g/mol. The van der Waals surface area contributed by atoms with Crippen molar-refractivity contribution in [3.05, 3.63) is 22.9 Å². The zero-order valence-electron chi connectivity index (χ0n) is 12.1. The first kappa shape index (κ1) is 14.3. The van der Waals surface area contributed by atoms with Crippen molar-refractivity contribution in [3.63, 3.8) is 0 Å². The molecule has 1 aromatic heterocycles. The first-order valence-corrected chi connectivity index (χ1v) is 7.04. The second-order valence-electron chi connectivity index (χ2n) is 5.61. The van der Waals surface area contributed by atoms with E-state index in [2.05, 4.69) is 9.88 Å². The van der Waals surface area contributed by atoms with E-state index < -0.39 is 0 Å². The van der Waals surface area contributed by atoms with Gasteiger partial charge in [-0.1, -0.05) is 0 Å². The molecule has 0 radical (unpaired) electrons. The van der Waals surface area contributed by atoms with Crippen LogP contribution in [0.15, 0.2) is 6.07 Å². The minimum absolute atomic E-state index is 0.0325. The number of hydrogen-bond donors (Lipinski definition) is 2. The largest absolute Gasteiger partial charge is 0.393 e. The Hall–Kier alpha value is -1.13. The number of hydrogen-bond acceptors (Lipinski definition) is 4. The summed E-state index contributed by atoms with van der Waals surface area (Å²) in [5, 5.41) is 19.2. The van der Waals surface area contributed by atoms with Gasteiger partial charge in [0, 0.05) is 24.3 Å². The van der Waals surface area contributed by atoms with Crippen LogP contribution in [0.5, 0.6) is 0 Å². The van der Waals surface area contributed by atoms with E-state index in [-0.39, 0.29) is 12.7 Å². The standard InChI is InChI=1S/C15H24N2O2/c1-10-8-11(2)16-15(14(10)9-18)17-6-4-13(5-7-17)12(3)19/h8,12-13,18-19H,4-7,9H2,1-3H3. The molecule has 2 rings (SSSR count). The number of aryl methyl sites for hydroxylation is 2. The molecule has 1 aliphatic rings. The highest BCUT2D eigenvalue weighted by Crippen LogP contribution is 2.28. The van der Waals surface area contributed by atoms with Gasteiger partial charge in [-0.05, 0) is 51.2 Å². The summed E-state index contributed by atoms with van der Waals surface area (Å²) in [5.41, 5.74) is 3.02. The maximum Gasteiger partial charge on any atom is 0.134 e. The van der Waals surface area contributed by atoms with Gasteiger partial charge < -0.3 is 15.1 Å². The van der Waals surface area contributed by atoms with Crippen LogP contribution >= 0.6 is 0 Å². The number of nitrogens with zero attached hydrogens (tertiary/aromatic N) is 2. The van der Waals surface area contributed by atoms with Gasteiger partial charge in [-0.2, -0.15) is 0 Å². The maximum atomic E-state index is 9.65. The van der Waals surface area contributed by atoms with Crippen LogP contribution in [0.25, 0.3) is 0 Å². The summed E-state index contributed by atoms with van der Waals surface area (Å²) in [6, 6.07) is 2.01. The van der Waals surface area contributed by atoms with Crippen LogP contribution in [0.3, 0.4) is 0 Å². The van der Waals surface area contributed by atoms with Gasteiger partial charge in [0.05, 0.1) is 12.7 Å². The third-order valence-electron chi connectivity index (χ3n) is 4.13. The lowest BCUT2D eigenvalue weighted by Gasteiger charge is -2.35. The monoisotopic (exact) mass is 264 g/mol. The van der Waals surface area contributed by atoms with Crippen LogP contribution in [0.2, 0.25) is 0 Å². The van der Waals surface area contributed by atoms with Crippen molar-refractivity contribution in [2.75, 3.05) is 18.0 Å². The van der Waals surface area contributed by atoms with Gasteiger partial charge >= 0.3 is 0 Å². The highest BCUT2D eigenvalue weighted by molar-refractivity contribution is 5.51. The average Bonchev–Trinajstić information content (AvgIpc) is 2.38. The van der Waals surface area contributed by atoms with Gasteiger partial charge in [0.2, 0.25) is 0 Å². The third kappa shape index (κ3) is 3.07. The second-order valence-corrected chi connectivity index (χ2v) is 5.61. The highest BCUT2D eigenvalue weighted by atomic mass is 16.3. The summed E-state index contributed by atoms with van der Waals surface area (Å²) in [5.74, 6) is 1.31. The van der Waals surface area contributed by atoms with E-state index in [1.165, 1.54) is 0 Å². The molecule has 0 aromatic carbocycles. The molecule has 4 nitrogen and oxygen atoms in total. The Labute approximate surface area is 115 Å². The Kier molecular flexibility index (Phi) is 4.42. The number of anilines is 1. The highest BCUT2D eigenvalue weighted by Gasteiger charge is 2.25. The lowest BCUT2D eigenvalue weighted by Crippen LogP contribution is -2.38. The summed E-state index contributed by atoms with van der Waals surface area (Å²) in [6.45, 7) is 7.71. The van der Waals surface area contributed by atoms with E-state index in [9.17, 15) is 10.2 Å². The maximum absolute atomic E-state index is 9.65. The Morgan fingerprint density at radius 1 is 1.37 bits per heavy atom. The van der Waals surface area contributed by atoms with Gasteiger partial charge in [0.1, 0.15) is 5.82 Å². The van der Waals surface area contributed by atoms with Crippen LogP contribution in [0.1, 0.15) is 36.6 Å². The Balaban J connectivity index is 2.19. The fourth-order valence-corrected chi connectivity index (χ4v) is 2.89. The molecule has 1 unspecified atom stereocenters. The van der Waals surface area contributed by atoms with Gasteiger partial charge in [0.25, 0.3) is 0 Å². The SMILES string of the molecule is Cc1cc(C)c(CO)c(N2CCC(C(C)O)CC2)n1. The fourth-order valence-electron chi connectivity index (χ4n) is 2.89. The molecule has 0 saturated carbocycles. The van der Waals surface area contributed by atoms with E-state index in [1.807, 2.05) is 26.8 Å². The van der Waals surface area contributed by atoms with Gasteiger partial charge in [-0.15, -0.1) is 0 Å². The molecule has 0 bridgehead atoms. The second kappa shape index (κ2) is 5.88. The van der Waals surface area contributed by atoms with Crippen molar-refractivity contribution in [3.8, 4) is 0 Å². The molecular formula is C15H24N2O2. The fraction of sp³-hybridized carbons (Fsp3) is 0.667. The first-order chi connectivity index (χ1) is 9.02. The molecule has 106 valence electrons. The molecule has 0 amide bonds. The summed E-state index contributed by atoms with van der Waals surface area (Å²) in [4.78, 5) is 6.84. The lowest BCUT2D eigenvalue weighted by molar-refractivity contribution is 0.109. The molecule has 1 fully saturated rings. The van der Waals surface area contributed by atoms with Crippen molar-refractivity contribution in [2.45, 2.75) is 46.3 Å². The van der Waals surface area contributed by atoms with Crippen molar-refractivity contribution >= 4 is 5.82 Å². The number of pyridine rings is 1. The van der Waals surface area contributed by atoms with Crippen molar-refractivity contribution in [1.29, 1.82) is 0 Å². The zero-order valence-corrected chi connectivity index (χ0v) is 12.1. The smallest absolute Gasteiger partial charge is 0.134 e. The summed E-state index contributed by atoms with van der Waals surface area (Å²) in [7, 11) is 0. The van der Waals surface area contributed by atoms with Crippen molar-refractivity contribution in [1.82, 2.24) is 4.98 Å². The summed E-state index contributed by atoms with van der Waals surface area (Å²) in [6.07, 6.45) is 1.74. The molecule has 2 N–H and O–H groups in total. The van der Waals surface area contributed by atoms with Crippen LogP contribution in [0.4, 0.5) is 5.82 Å². The van der Waals surface area contributed by atoms with Gasteiger partial charge in [-0.25, -0.2) is 4.98 Å². The number of piperidine rings is 1. The van der Waals surface area contributed by atoms with E-state index in [1.54, 1.807) is 0 Å². The predicted octanol–water partition coefficient (Wildman–Crippen LogP) is 1.79. The first-order valence-electron chi connectivity index (χ1n) is 7.04. The molecule has 1 aromatic rings.